The first-order chi connectivity index (χ1) is 8.49. The molecule has 2 fully saturated rings. The van der Waals surface area contributed by atoms with Crippen LogP contribution in [0.5, 0.6) is 0 Å². The summed E-state index contributed by atoms with van der Waals surface area (Å²) in [4.78, 5) is 37.3. The second kappa shape index (κ2) is 4.83. The minimum atomic E-state index is -0.866. The van der Waals surface area contributed by atoms with Crippen molar-refractivity contribution in [2.24, 2.45) is 11.8 Å². The molecule has 0 aliphatic carbocycles. The fraction of sp³-hybridized carbons (Fsp3) is 0.727. The summed E-state index contributed by atoms with van der Waals surface area (Å²) in [5, 5.41) is 11.7. The van der Waals surface area contributed by atoms with E-state index in [-0.39, 0.29) is 30.9 Å². The summed E-state index contributed by atoms with van der Waals surface area (Å²) in [6, 6.07) is -0.236. The van der Waals surface area contributed by atoms with Gasteiger partial charge in [-0.1, -0.05) is 6.92 Å². The third kappa shape index (κ3) is 2.39. The Labute approximate surface area is 105 Å². The molecule has 0 unspecified atom stereocenters. The number of hydrogen-bond acceptors (Lipinski definition) is 3. The van der Waals surface area contributed by atoms with Crippen molar-refractivity contribution < 1.29 is 19.5 Å². The second-order valence-electron chi connectivity index (χ2n) is 4.88. The maximum Gasteiger partial charge on any atom is 0.320 e. The Hall–Kier alpha value is -1.79. The summed E-state index contributed by atoms with van der Waals surface area (Å²) in [6.07, 6.45) is 0. The number of likely N-dealkylation sites (tertiary alicyclic amines) is 1. The Morgan fingerprint density at radius 1 is 1.33 bits per heavy atom. The van der Waals surface area contributed by atoms with Crippen molar-refractivity contribution in [2.75, 3.05) is 32.7 Å². The molecule has 0 radical (unpaired) electrons. The number of urea groups is 1. The average Bonchev–Trinajstić information content (AvgIpc) is 2.70. The van der Waals surface area contributed by atoms with Gasteiger partial charge in [-0.15, -0.1) is 0 Å². The molecule has 2 aliphatic rings. The largest absolute Gasteiger partial charge is 0.481 e. The van der Waals surface area contributed by atoms with Crippen LogP contribution in [-0.4, -0.2) is 65.5 Å². The number of nitrogens with one attached hydrogen (secondary N) is 1. The average molecular weight is 255 g/mol. The van der Waals surface area contributed by atoms with Crippen molar-refractivity contribution in [2.45, 2.75) is 6.92 Å². The van der Waals surface area contributed by atoms with Gasteiger partial charge in [0.2, 0.25) is 5.91 Å². The van der Waals surface area contributed by atoms with Gasteiger partial charge in [0, 0.05) is 26.2 Å². The van der Waals surface area contributed by atoms with Crippen LogP contribution in [0.4, 0.5) is 4.79 Å². The summed E-state index contributed by atoms with van der Waals surface area (Å²) in [6.45, 7) is 3.49. The molecule has 100 valence electrons. The van der Waals surface area contributed by atoms with Crippen LogP contribution in [0.15, 0.2) is 0 Å². The van der Waals surface area contributed by atoms with E-state index in [2.05, 4.69) is 5.32 Å². The Morgan fingerprint density at radius 2 is 2.06 bits per heavy atom. The highest BCUT2D eigenvalue weighted by Crippen LogP contribution is 2.24. The molecular weight excluding hydrogens is 238 g/mol. The lowest BCUT2D eigenvalue weighted by atomic mass is 9.99. The van der Waals surface area contributed by atoms with E-state index in [1.165, 1.54) is 9.80 Å². The van der Waals surface area contributed by atoms with Gasteiger partial charge < -0.3 is 20.2 Å². The first kappa shape index (κ1) is 12.7. The van der Waals surface area contributed by atoms with E-state index in [1.807, 2.05) is 6.92 Å². The maximum absolute atomic E-state index is 12.1. The summed E-state index contributed by atoms with van der Waals surface area (Å²) >= 11 is 0. The highest BCUT2D eigenvalue weighted by Gasteiger charge is 2.38. The Balaban J connectivity index is 1.98. The van der Waals surface area contributed by atoms with Gasteiger partial charge in [-0.2, -0.15) is 0 Å². The zero-order valence-corrected chi connectivity index (χ0v) is 10.3. The molecule has 2 saturated heterocycles. The van der Waals surface area contributed by atoms with Crippen LogP contribution in [0, 0.1) is 11.8 Å². The highest BCUT2D eigenvalue weighted by molar-refractivity contribution is 5.85. The highest BCUT2D eigenvalue weighted by atomic mass is 16.4. The van der Waals surface area contributed by atoms with Gasteiger partial charge in [0.1, 0.15) is 6.54 Å². The number of rotatable bonds is 1. The molecule has 2 heterocycles. The van der Waals surface area contributed by atoms with Crippen LogP contribution < -0.4 is 5.32 Å². The zero-order chi connectivity index (χ0) is 13.3. The molecule has 0 spiro atoms. The van der Waals surface area contributed by atoms with E-state index in [9.17, 15) is 14.4 Å². The predicted octanol–water partition coefficient (Wildman–Crippen LogP) is -0.809. The first-order valence-electron chi connectivity index (χ1n) is 6.02. The van der Waals surface area contributed by atoms with Crippen molar-refractivity contribution in [1.29, 1.82) is 0 Å². The lowest BCUT2D eigenvalue weighted by Gasteiger charge is -2.30. The number of carbonyl (C=O) groups excluding carboxylic acids is 2. The van der Waals surface area contributed by atoms with E-state index >= 15 is 0 Å². The van der Waals surface area contributed by atoms with Crippen LogP contribution in [0.2, 0.25) is 0 Å². The molecule has 2 aliphatic heterocycles. The van der Waals surface area contributed by atoms with E-state index in [1.54, 1.807) is 0 Å². The molecule has 0 aromatic carbocycles. The monoisotopic (exact) mass is 255 g/mol. The Morgan fingerprint density at radius 3 is 2.61 bits per heavy atom. The molecule has 2 N–H and O–H groups in total. The molecule has 7 nitrogen and oxygen atoms in total. The minimum absolute atomic E-state index is 0.0509. The molecule has 0 aromatic rings. The van der Waals surface area contributed by atoms with Gasteiger partial charge in [0.15, 0.2) is 0 Å². The minimum Gasteiger partial charge on any atom is -0.481 e. The van der Waals surface area contributed by atoms with Crippen LogP contribution >= 0.6 is 0 Å². The standard InChI is InChI=1S/C11H17N3O4/c1-7-4-14(5-8(7)10(16)17)11(18)13-3-2-12-9(15)6-13/h7-8H,2-6H2,1H3,(H,12,15)(H,16,17)/t7-,8-/m1/s1. The van der Waals surface area contributed by atoms with E-state index in [0.717, 1.165) is 0 Å². The molecule has 0 bridgehead atoms. The number of carbonyl (C=O) groups is 3. The molecule has 2 atom stereocenters. The normalized spacial score (nSPS) is 28.2. The maximum atomic E-state index is 12.1. The van der Waals surface area contributed by atoms with Gasteiger partial charge in [-0.3, -0.25) is 9.59 Å². The SMILES string of the molecule is C[C@@H]1CN(C(=O)N2CCNC(=O)C2)C[C@H]1C(=O)O. The Kier molecular flexibility index (Phi) is 3.40. The van der Waals surface area contributed by atoms with Gasteiger partial charge in [0.05, 0.1) is 5.92 Å². The van der Waals surface area contributed by atoms with Gasteiger partial charge in [-0.25, -0.2) is 4.79 Å². The number of nitrogens with zero attached hydrogens (tertiary/aromatic N) is 2. The van der Waals surface area contributed by atoms with Gasteiger partial charge in [-0.05, 0) is 5.92 Å². The number of hydrogen-bond donors (Lipinski definition) is 2. The number of aliphatic carboxylic acids is 1. The molecule has 2 rings (SSSR count). The van der Waals surface area contributed by atoms with Crippen LogP contribution in [0.3, 0.4) is 0 Å². The predicted molar refractivity (Wildman–Crippen MR) is 61.8 cm³/mol. The number of piperazine rings is 1. The van der Waals surface area contributed by atoms with E-state index < -0.39 is 11.9 Å². The summed E-state index contributed by atoms with van der Waals surface area (Å²) in [7, 11) is 0. The van der Waals surface area contributed by atoms with Crippen LogP contribution in [-0.2, 0) is 9.59 Å². The summed E-state index contributed by atoms with van der Waals surface area (Å²) in [5.74, 6) is -1.59. The van der Waals surface area contributed by atoms with Gasteiger partial charge in [0.25, 0.3) is 0 Å². The summed E-state index contributed by atoms with van der Waals surface area (Å²) < 4.78 is 0. The lowest BCUT2D eigenvalue weighted by Crippen LogP contribution is -2.53. The number of amides is 3. The molecule has 18 heavy (non-hydrogen) atoms. The molecule has 0 saturated carbocycles. The third-order valence-corrected chi connectivity index (χ3v) is 3.51. The van der Waals surface area contributed by atoms with Crippen molar-refractivity contribution in [1.82, 2.24) is 15.1 Å². The number of carboxylic acids is 1. The van der Waals surface area contributed by atoms with Crippen molar-refractivity contribution in [3.63, 3.8) is 0 Å². The van der Waals surface area contributed by atoms with E-state index in [4.69, 9.17) is 5.11 Å². The number of carboxylic acid groups (broad SMARTS) is 1. The second-order valence-corrected chi connectivity index (χ2v) is 4.88. The lowest BCUT2D eigenvalue weighted by molar-refractivity contribution is -0.142. The first-order valence-corrected chi connectivity index (χ1v) is 6.02. The molecular formula is C11H17N3O4. The fourth-order valence-corrected chi connectivity index (χ4v) is 2.45. The molecule has 3 amide bonds. The molecule has 7 heteroatoms. The van der Waals surface area contributed by atoms with Crippen LogP contribution in [0.25, 0.3) is 0 Å². The Bertz CT molecular complexity index is 384. The van der Waals surface area contributed by atoms with E-state index in [0.29, 0.717) is 19.6 Å². The van der Waals surface area contributed by atoms with Crippen LogP contribution in [0.1, 0.15) is 6.92 Å². The third-order valence-electron chi connectivity index (χ3n) is 3.51. The topological polar surface area (TPSA) is 90.0 Å². The summed E-state index contributed by atoms with van der Waals surface area (Å²) in [5.41, 5.74) is 0. The quantitative estimate of drug-likeness (QED) is 0.641. The van der Waals surface area contributed by atoms with Crippen molar-refractivity contribution in [3.8, 4) is 0 Å². The van der Waals surface area contributed by atoms with Crippen molar-refractivity contribution in [3.05, 3.63) is 0 Å². The smallest absolute Gasteiger partial charge is 0.320 e. The molecule has 0 aromatic heterocycles. The van der Waals surface area contributed by atoms with Crippen molar-refractivity contribution >= 4 is 17.9 Å². The fourth-order valence-electron chi connectivity index (χ4n) is 2.45. The van der Waals surface area contributed by atoms with Gasteiger partial charge >= 0.3 is 12.0 Å². The zero-order valence-electron chi connectivity index (χ0n) is 10.3.